The lowest BCUT2D eigenvalue weighted by Crippen LogP contribution is -2.38. The second-order valence-electron chi connectivity index (χ2n) is 6.53. The molecule has 0 saturated heterocycles. The predicted octanol–water partition coefficient (Wildman–Crippen LogP) is 1.20. The summed E-state index contributed by atoms with van der Waals surface area (Å²) in [5.41, 5.74) is 2.44. The Morgan fingerprint density at radius 3 is 2.21 bits per heavy atom. The Bertz CT molecular complexity index is 959. The molecule has 0 bridgehead atoms. The molecule has 0 unspecified atom stereocenters. The van der Waals surface area contributed by atoms with Crippen molar-refractivity contribution < 1.29 is 23.9 Å². The molecule has 1 aliphatic heterocycles. The topological polar surface area (TPSA) is 111 Å². The number of amides is 3. The Morgan fingerprint density at radius 1 is 1.14 bits per heavy atom. The maximum atomic E-state index is 12.3. The second kappa shape index (κ2) is 7.26. The van der Waals surface area contributed by atoms with Gasteiger partial charge in [0.25, 0.3) is 17.7 Å². The van der Waals surface area contributed by atoms with Crippen LogP contribution >= 0.6 is 0 Å². The quantitative estimate of drug-likeness (QED) is 0.613. The summed E-state index contributed by atoms with van der Waals surface area (Å²) in [6.07, 6.45) is -1.11. The standard InChI is InChI=1S/C19H20N4O5/c1-10-16(11(2)22(4)21-10)20-17(25)12(3)28-15(24)9-23-18(26)13-7-5-6-8-14(13)19(23)27/h5-8,12H,9H2,1-4H3,(H,20,25)/t12-/m1/s1. The van der Waals surface area contributed by atoms with Crippen molar-refractivity contribution in [2.24, 2.45) is 7.05 Å². The fourth-order valence-corrected chi connectivity index (χ4v) is 2.98. The minimum absolute atomic E-state index is 0.244. The Hall–Kier alpha value is -3.49. The summed E-state index contributed by atoms with van der Waals surface area (Å²) in [6.45, 7) is 4.40. The van der Waals surface area contributed by atoms with E-state index in [9.17, 15) is 19.2 Å². The molecule has 9 heteroatoms. The molecule has 0 fully saturated rings. The molecule has 0 radical (unpaired) electrons. The first-order valence-electron chi connectivity index (χ1n) is 8.66. The SMILES string of the molecule is Cc1nn(C)c(C)c1NC(=O)[C@@H](C)OC(=O)CN1C(=O)c2ccccc2C1=O. The van der Waals surface area contributed by atoms with E-state index >= 15 is 0 Å². The molecule has 1 aromatic heterocycles. The summed E-state index contributed by atoms with van der Waals surface area (Å²) in [5.74, 6) is -2.50. The number of nitrogens with one attached hydrogen (secondary N) is 1. The van der Waals surface area contributed by atoms with Crippen LogP contribution in [0.3, 0.4) is 0 Å². The number of aromatic nitrogens is 2. The highest BCUT2D eigenvalue weighted by Crippen LogP contribution is 2.22. The van der Waals surface area contributed by atoms with Crippen LogP contribution in [0.15, 0.2) is 24.3 Å². The van der Waals surface area contributed by atoms with Gasteiger partial charge in [0, 0.05) is 7.05 Å². The van der Waals surface area contributed by atoms with Crippen LogP contribution in [0.25, 0.3) is 0 Å². The van der Waals surface area contributed by atoms with Gasteiger partial charge in [-0.15, -0.1) is 0 Å². The van der Waals surface area contributed by atoms with E-state index in [0.717, 1.165) is 10.6 Å². The summed E-state index contributed by atoms with van der Waals surface area (Å²) in [5, 5.41) is 6.88. The van der Waals surface area contributed by atoms with Crippen molar-refractivity contribution in [2.45, 2.75) is 26.9 Å². The van der Waals surface area contributed by atoms with Crippen LogP contribution in [0.4, 0.5) is 5.69 Å². The number of carbonyl (C=O) groups is 4. The smallest absolute Gasteiger partial charge is 0.326 e. The number of esters is 1. The number of hydrogen-bond acceptors (Lipinski definition) is 6. The zero-order valence-corrected chi connectivity index (χ0v) is 16.0. The average Bonchev–Trinajstić information content (AvgIpc) is 3.04. The lowest BCUT2D eigenvalue weighted by molar-refractivity contribution is -0.153. The number of hydrogen-bond donors (Lipinski definition) is 1. The largest absolute Gasteiger partial charge is 0.451 e. The van der Waals surface area contributed by atoms with Crippen LogP contribution in [-0.2, 0) is 21.4 Å². The van der Waals surface area contributed by atoms with E-state index in [-0.39, 0.29) is 11.1 Å². The van der Waals surface area contributed by atoms with Crippen LogP contribution in [-0.4, -0.2) is 51.0 Å². The summed E-state index contributed by atoms with van der Waals surface area (Å²) >= 11 is 0. The third-order valence-electron chi connectivity index (χ3n) is 4.60. The number of nitrogens with zero attached hydrogens (tertiary/aromatic N) is 3. The van der Waals surface area contributed by atoms with E-state index in [2.05, 4.69) is 10.4 Å². The molecule has 3 rings (SSSR count). The van der Waals surface area contributed by atoms with E-state index in [1.807, 2.05) is 0 Å². The molecular weight excluding hydrogens is 364 g/mol. The van der Waals surface area contributed by atoms with Gasteiger partial charge in [-0.3, -0.25) is 28.8 Å². The molecule has 1 N–H and O–H groups in total. The molecular formula is C19H20N4O5. The monoisotopic (exact) mass is 384 g/mol. The molecule has 0 saturated carbocycles. The lowest BCUT2D eigenvalue weighted by atomic mass is 10.1. The normalized spacial score (nSPS) is 14.1. The van der Waals surface area contributed by atoms with Gasteiger partial charge in [0.2, 0.25) is 0 Å². The summed E-state index contributed by atoms with van der Waals surface area (Å²) in [6, 6.07) is 6.33. The maximum absolute atomic E-state index is 12.3. The van der Waals surface area contributed by atoms with Crippen LogP contribution in [0, 0.1) is 13.8 Å². The number of aryl methyl sites for hydroxylation is 2. The third-order valence-corrected chi connectivity index (χ3v) is 4.60. The Labute approximate surface area is 161 Å². The molecule has 9 nitrogen and oxygen atoms in total. The van der Waals surface area contributed by atoms with Crippen molar-refractivity contribution in [3.05, 3.63) is 46.8 Å². The number of anilines is 1. The van der Waals surface area contributed by atoms with Crippen molar-refractivity contribution in [3.8, 4) is 0 Å². The fraction of sp³-hybridized carbons (Fsp3) is 0.316. The Morgan fingerprint density at radius 2 is 1.71 bits per heavy atom. The number of rotatable bonds is 5. The van der Waals surface area contributed by atoms with E-state index in [1.54, 1.807) is 37.7 Å². The highest BCUT2D eigenvalue weighted by Gasteiger charge is 2.37. The molecule has 146 valence electrons. The van der Waals surface area contributed by atoms with Gasteiger partial charge in [-0.25, -0.2) is 0 Å². The van der Waals surface area contributed by atoms with E-state index in [1.165, 1.54) is 19.1 Å². The van der Waals surface area contributed by atoms with Crippen LogP contribution in [0.5, 0.6) is 0 Å². The van der Waals surface area contributed by atoms with E-state index < -0.39 is 36.3 Å². The minimum Gasteiger partial charge on any atom is -0.451 e. The van der Waals surface area contributed by atoms with E-state index in [0.29, 0.717) is 11.4 Å². The van der Waals surface area contributed by atoms with Crippen molar-refractivity contribution in [1.82, 2.24) is 14.7 Å². The van der Waals surface area contributed by atoms with Gasteiger partial charge in [-0.2, -0.15) is 5.10 Å². The number of ether oxygens (including phenoxy) is 1. The van der Waals surface area contributed by atoms with Crippen LogP contribution < -0.4 is 5.32 Å². The molecule has 0 aliphatic carbocycles. The summed E-state index contributed by atoms with van der Waals surface area (Å²) < 4.78 is 6.73. The third kappa shape index (κ3) is 3.38. The fourth-order valence-electron chi connectivity index (χ4n) is 2.98. The molecule has 28 heavy (non-hydrogen) atoms. The second-order valence-corrected chi connectivity index (χ2v) is 6.53. The zero-order chi connectivity index (χ0) is 20.6. The first-order chi connectivity index (χ1) is 13.2. The number of benzene rings is 1. The zero-order valence-electron chi connectivity index (χ0n) is 16.0. The van der Waals surface area contributed by atoms with Crippen LogP contribution in [0.2, 0.25) is 0 Å². The predicted molar refractivity (Wildman–Crippen MR) is 98.7 cm³/mol. The number of carbonyl (C=O) groups excluding carboxylic acids is 4. The van der Waals surface area contributed by atoms with Gasteiger partial charge in [0.05, 0.1) is 28.2 Å². The molecule has 1 atom stereocenters. The minimum atomic E-state index is -1.11. The lowest BCUT2D eigenvalue weighted by Gasteiger charge is -2.17. The first-order valence-corrected chi connectivity index (χ1v) is 8.66. The van der Waals surface area contributed by atoms with Gasteiger partial charge < -0.3 is 10.1 Å². The molecule has 2 aromatic rings. The van der Waals surface area contributed by atoms with Gasteiger partial charge in [0.1, 0.15) is 6.54 Å². The van der Waals surface area contributed by atoms with Crippen molar-refractivity contribution >= 4 is 29.4 Å². The number of fused-ring (bicyclic) bond motifs is 1. The highest BCUT2D eigenvalue weighted by atomic mass is 16.5. The van der Waals surface area contributed by atoms with Crippen molar-refractivity contribution in [3.63, 3.8) is 0 Å². The average molecular weight is 384 g/mol. The van der Waals surface area contributed by atoms with Crippen LogP contribution in [0.1, 0.15) is 39.0 Å². The van der Waals surface area contributed by atoms with Gasteiger partial charge in [0.15, 0.2) is 6.10 Å². The van der Waals surface area contributed by atoms with Gasteiger partial charge in [-0.05, 0) is 32.9 Å². The van der Waals surface area contributed by atoms with Crippen molar-refractivity contribution in [2.75, 3.05) is 11.9 Å². The molecule has 3 amide bonds. The highest BCUT2D eigenvalue weighted by molar-refractivity contribution is 6.22. The molecule has 1 aliphatic rings. The van der Waals surface area contributed by atoms with Gasteiger partial charge in [-0.1, -0.05) is 12.1 Å². The first kappa shape index (κ1) is 19.3. The molecule has 0 spiro atoms. The Kier molecular flexibility index (Phi) is 5.00. The molecule has 1 aromatic carbocycles. The molecule has 2 heterocycles. The summed E-state index contributed by atoms with van der Waals surface area (Å²) in [4.78, 5) is 49.9. The number of imide groups is 1. The van der Waals surface area contributed by atoms with Gasteiger partial charge >= 0.3 is 5.97 Å². The maximum Gasteiger partial charge on any atom is 0.326 e. The Balaban J connectivity index is 1.61. The van der Waals surface area contributed by atoms with Crippen molar-refractivity contribution in [1.29, 1.82) is 0 Å². The van der Waals surface area contributed by atoms with E-state index in [4.69, 9.17) is 4.74 Å². The summed E-state index contributed by atoms with van der Waals surface area (Å²) in [7, 11) is 1.75.